The Labute approximate surface area is 178 Å². The maximum atomic E-state index is 13.0. The van der Waals surface area contributed by atoms with Gasteiger partial charge in [0.25, 0.3) is 5.91 Å². The summed E-state index contributed by atoms with van der Waals surface area (Å²) in [6.07, 6.45) is 2.76. The van der Waals surface area contributed by atoms with Gasteiger partial charge in [0.15, 0.2) is 0 Å². The number of piperidine rings is 1. The maximum absolute atomic E-state index is 13.0. The van der Waals surface area contributed by atoms with Crippen LogP contribution in [0.4, 0.5) is 10.5 Å². The number of hydrogen-bond acceptors (Lipinski definition) is 4. The number of nitrogens with one attached hydrogen (secondary N) is 2. The Kier molecular flexibility index (Phi) is 6.65. The second-order valence-electron chi connectivity index (χ2n) is 8.76. The minimum absolute atomic E-state index is 0.0879. The number of carbonyl (C=O) groups is 2. The van der Waals surface area contributed by atoms with E-state index in [0.717, 1.165) is 36.2 Å². The van der Waals surface area contributed by atoms with Crippen LogP contribution in [0.1, 0.15) is 57.3 Å². The van der Waals surface area contributed by atoms with Crippen molar-refractivity contribution < 1.29 is 14.3 Å². The zero-order valence-electron chi connectivity index (χ0n) is 18.2. The van der Waals surface area contributed by atoms with Gasteiger partial charge in [0.1, 0.15) is 5.60 Å². The van der Waals surface area contributed by atoms with Crippen molar-refractivity contribution in [3.05, 3.63) is 54.1 Å². The van der Waals surface area contributed by atoms with Crippen molar-refractivity contribution in [2.45, 2.75) is 58.6 Å². The first-order valence-corrected chi connectivity index (χ1v) is 10.5. The van der Waals surface area contributed by atoms with Gasteiger partial charge >= 0.3 is 6.09 Å². The van der Waals surface area contributed by atoms with Gasteiger partial charge in [-0.15, -0.1) is 0 Å². The highest BCUT2D eigenvalue weighted by molar-refractivity contribution is 5.95. The highest BCUT2D eigenvalue weighted by Crippen LogP contribution is 2.25. The molecular weight excluding hydrogens is 378 g/mol. The van der Waals surface area contributed by atoms with Gasteiger partial charge in [-0.2, -0.15) is 0 Å². The van der Waals surface area contributed by atoms with Crippen molar-refractivity contribution >= 4 is 17.7 Å². The molecule has 2 aromatic carbocycles. The summed E-state index contributed by atoms with van der Waals surface area (Å²) in [6.45, 7) is 8.37. The topological polar surface area (TPSA) is 70.7 Å². The first-order chi connectivity index (χ1) is 14.2. The highest BCUT2D eigenvalue weighted by atomic mass is 16.6. The Morgan fingerprint density at radius 2 is 1.73 bits per heavy atom. The predicted octanol–water partition coefficient (Wildman–Crippen LogP) is 5.22. The van der Waals surface area contributed by atoms with Gasteiger partial charge in [0.05, 0.1) is 5.69 Å². The zero-order valence-corrected chi connectivity index (χ0v) is 18.2. The molecule has 0 bridgehead atoms. The fourth-order valence-corrected chi connectivity index (χ4v) is 3.60. The van der Waals surface area contributed by atoms with Crippen LogP contribution in [0, 0.1) is 0 Å². The largest absolute Gasteiger partial charge is 0.443 e. The standard InChI is InChI=1S/C24H31N3O3/c1-17-9-5-6-14-27(17)22(28)20-12-7-10-18(15-20)19-11-8-13-21(16-19)25-26-23(29)30-24(2,3)4/h7-8,10-13,15-17,25H,5-6,9,14H2,1-4H3,(H,26,29)/t17-/m1/s1. The second-order valence-corrected chi connectivity index (χ2v) is 8.76. The zero-order chi connectivity index (χ0) is 21.7. The average molecular weight is 410 g/mol. The molecular formula is C24H31N3O3. The van der Waals surface area contributed by atoms with Crippen molar-refractivity contribution in [1.29, 1.82) is 0 Å². The molecule has 2 aromatic rings. The molecule has 1 fully saturated rings. The number of hydrazine groups is 1. The number of ether oxygens (including phenoxy) is 1. The third-order valence-electron chi connectivity index (χ3n) is 5.08. The Hall–Kier alpha value is -3.02. The number of benzene rings is 2. The Balaban J connectivity index is 1.72. The first kappa shape index (κ1) is 21.7. The van der Waals surface area contributed by atoms with Crippen molar-refractivity contribution in [3.63, 3.8) is 0 Å². The normalized spacial score (nSPS) is 16.7. The summed E-state index contributed by atoms with van der Waals surface area (Å²) in [5.74, 6) is 0.0879. The molecule has 1 aliphatic rings. The van der Waals surface area contributed by atoms with E-state index < -0.39 is 11.7 Å². The van der Waals surface area contributed by atoms with E-state index in [0.29, 0.717) is 5.56 Å². The maximum Gasteiger partial charge on any atom is 0.426 e. The lowest BCUT2D eigenvalue weighted by atomic mass is 9.99. The molecule has 2 amide bonds. The summed E-state index contributed by atoms with van der Waals surface area (Å²) in [4.78, 5) is 26.8. The van der Waals surface area contributed by atoms with E-state index in [9.17, 15) is 9.59 Å². The number of nitrogens with zero attached hydrogens (tertiary/aromatic N) is 1. The van der Waals surface area contributed by atoms with E-state index in [1.165, 1.54) is 6.42 Å². The van der Waals surface area contributed by atoms with Crippen LogP contribution in [0.5, 0.6) is 0 Å². The van der Waals surface area contributed by atoms with E-state index in [-0.39, 0.29) is 11.9 Å². The monoisotopic (exact) mass is 409 g/mol. The Bertz CT molecular complexity index is 905. The molecule has 2 N–H and O–H groups in total. The number of carbonyl (C=O) groups excluding carboxylic acids is 2. The first-order valence-electron chi connectivity index (χ1n) is 10.5. The molecule has 3 rings (SSSR count). The number of anilines is 1. The molecule has 1 heterocycles. The molecule has 0 radical (unpaired) electrons. The van der Waals surface area contributed by atoms with Crippen molar-refractivity contribution in [2.75, 3.05) is 12.0 Å². The summed E-state index contributed by atoms with van der Waals surface area (Å²) >= 11 is 0. The molecule has 1 saturated heterocycles. The van der Waals surface area contributed by atoms with Crippen LogP contribution < -0.4 is 10.9 Å². The molecule has 0 aliphatic carbocycles. The van der Waals surface area contributed by atoms with Crippen molar-refractivity contribution in [3.8, 4) is 11.1 Å². The van der Waals surface area contributed by atoms with Gasteiger partial charge in [0.2, 0.25) is 0 Å². The Morgan fingerprint density at radius 3 is 2.43 bits per heavy atom. The minimum Gasteiger partial charge on any atom is -0.443 e. The lowest BCUT2D eigenvalue weighted by molar-refractivity contribution is 0.0540. The highest BCUT2D eigenvalue weighted by Gasteiger charge is 2.24. The molecule has 0 aromatic heterocycles. The van der Waals surface area contributed by atoms with Crippen LogP contribution in [0.25, 0.3) is 11.1 Å². The van der Waals surface area contributed by atoms with Crippen LogP contribution in [-0.2, 0) is 4.74 Å². The lowest BCUT2D eigenvalue weighted by Gasteiger charge is -2.33. The van der Waals surface area contributed by atoms with Crippen LogP contribution in [-0.4, -0.2) is 35.1 Å². The molecule has 1 atom stereocenters. The average Bonchev–Trinajstić information content (AvgIpc) is 2.71. The molecule has 6 nitrogen and oxygen atoms in total. The van der Waals surface area contributed by atoms with Crippen LogP contribution in [0.3, 0.4) is 0 Å². The number of hydrogen-bond donors (Lipinski definition) is 2. The van der Waals surface area contributed by atoms with Gasteiger partial charge in [-0.3, -0.25) is 10.2 Å². The minimum atomic E-state index is -0.563. The molecule has 0 saturated carbocycles. The van der Waals surface area contributed by atoms with E-state index >= 15 is 0 Å². The van der Waals surface area contributed by atoms with Gasteiger partial charge < -0.3 is 9.64 Å². The van der Waals surface area contributed by atoms with Gasteiger partial charge in [-0.1, -0.05) is 24.3 Å². The lowest BCUT2D eigenvalue weighted by Crippen LogP contribution is -2.42. The van der Waals surface area contributed by atoms with Crippen LogP contribution >= 0.6 is 0 Å². The van der Waals surface area contributed by atoms with Gasteiger partial charge in [-0.05, 0) is 82.3 Å². The molecule has 160 valence electrons. The summed E-state index contributed by atoms with van der Waals surface area (Å²) in [5.41, 5.74) is 8.17. The number of rotatable bonds is 4. The summed E-state index contributed by atoms with van der Waals surface area (Å²) in [6, 6.07) is 15.6. The van der Waals surface area contributed by atoms with Crippen LogP contribution in [0.2, 0.25) is 0 Å². The second kappa shape index (κ2) is 9.20. The fourth-order valence-electron chi connectivity index (χ4n) is 3.60. The summed E-state index contributed by atoms with van der Waals surface area (Å²) in [5, 5.41) is 0. The van der Waals surface area contributed by atoms with E-state index in [1.54, 1.807) is 0 Å². The summed E-state index contributed by atoms with van der Waals surface area (Å²) < 4.78 is 5.23. The Morgan fingerprint density at radius 1 is 1.03 bits per heavy atom. The summed E-state index contributed by atoms with van der Waals surface area (Å²) in [7, 11) is 0. The van der Waals surface area contributed by atoms with E-state index in [2.05, 4.69) is 17.8 Å². The number of likely N-dealkylation sites (tertiary alicyclic amines) is 1. The SMILES string of the molecule is C[C@@H]1CCCCN1C(=O)c1cccc(-c2cccc(NNC(=O)OC(C)(C)C)c2)c1. The molecule has 6 heteroatoms. The number of amides is 2. The van der Waals surface area contributed by atoms with Gasteiger partial charge in [0, 0.05) is 18.2 Å². The van der Waals surface area contributed by atoms with Crippen LogP contribution in [0.15, 0.2) is 48.5 Å². The molecule has 1 aliphatic heterocycles. The molecule has 30 heavy (non-hydrogen) atoms. The fraction of sp³-hybridized carbons (Fsp3) is 0.417. The quantitative estimate of drug-likeness (QED) is 0.679. The third kappa shape index (κ3) is 5.75. The van der Waals surface area contributed by atoms with E-state index in [1.807, 2.05) is 74.2 Å². The van der Waals surface area contributed by atoms with E-state index in [4.69, 9.17) is 4.74 Å². The van der Waals surface area contributed by atoms with Crippen molar-refractivity contribution in [2.24, 2.45) is 0 Å². The molecule has 0 spiro atoms. The predicted molar refractivity (Wildman–Crippen MR) is 119 cm³/mol. The van der Waals surface area contributed by atoms with Crippen molar-refractivity contribution in [1.82, 2.24) is 10.3 Å². The third-order valence-corrected chi connectivity index (χ3v) is 5.08. The van der Waals surface area contributed by atoms with Gasteiger partial charge in [-0.25, -0.2) is 10.2 Å². The molecule has 0 unspecified atom stereocenters. The smallest absolute Gasteiger partial charge is 0.426 e.